The summed E-state index contributed by atoms with van der Waals surface area (Å²) >= 11 is 0. The average molecular weight is 238 g/mol. The molecule has 92 valence electrons. The number of amides is 1. The van der Waals surface area contributed by atoms with E-state index < -0.39 is 5.97 Å². The van der Waals surface area contributed by atoms with E-state index in [1.165, 1.54) is 10.9 Å². The second-order valence-electron chi connectivity index (χ2n) is 3.97. The number of rotatable bonds is 3. The summed E-state index contributed by atoms with van der Waals surface area (Å²) in [5.41, 5.74) is -0.00107. The number of nitrogens with zero attached hydrogens (tertiary/aromatic N) is 2. The minimum Gasteiger partial charge on any atom is -0.477 e. The zero-order valence-corrected chi connectivity index (χ0v) is 9.43. The molecule has 7 nitrogen and oxygen atoms in total. The van der Waals surface area contributed by atoms with Crippen LogP contribution in [-0.4, -0.2) is 39.4 Å². The van der Waals surface area contributed by atoms with Gasteiger partial charge >= 0.3 is 5.97 Å². The van der Waals surface area contributed by atoms with E-state index >= 15 is 0 Å². The van der Waals surface area contributed by atoms with Crippen LogP contribution in [0, 0.1) is 0 Å². The summed E-state index contributed by atoms with van der Waals surface area (Å²) in [7, 11) is 1.59. The summed E-state index contributed by atoms with van der Waals surface area (Å²) in [6.45, 7) is 0.815. The Bertz CT molecular complexity index is 448. The number of aromatic carboxylic acids is 1. The molecular weight excluding hydrogens is 224 g/mol. The van der Waals surface area contributed by atoms with Gasteiger partial charge in [0.05, 0.1) is 12.2 Å². The highest BCUT2D eigenvalue weighted by atomic mass is 16.4. The molecule has 1 atom stereocenters. The maximum absolute atomic E-state index is 11.8. The average Bonchev–Trinajstić information content (AvgIpc) is 2.89. The van der Waals surface area contributed by atoms with Crippen LogP contribution in [-0.2, 0) is 11.8 Å². The van der Waals surface area contributed by atoms with Gasteiger partial charge in [-0.05, 0) is 19.4 Å². The maximum Gasteiger partial charge on any atom is 0.341 e. The molecule has 0 aromatic carbocycles. The summed E-state index contributed by atoms with van der Waals surface area (Å²) in [6, 6.07) is -0.244. The Kier molecular flexibility index (Phi) is 3.10. The van der Waals surface area contributed by atoms with E-state index in [4.69, 9.17) is 5.11 Å². The number of nitrogens with one attached hydrogen (secondary N) is 2. The fourth-order valence-electron chi connectivity index (χ4n) is 1.85. The number of carbonyl (C=O) groups is 2. The van der Waals surface area contributed by atoms with E-state index in [2.05, 4.69) is 15.7 Å². The van der Waals surface area contributed by atoms with Crippen LogP contribution < -0.4 is 10.6 Å². The number of anilines is 1. The molecule has 0 radical (unpaired) electrons. The Hall–Kier alpha value is -1.89. The Balaban J connectivity index is 2.14. The summed E-state index contributed by atoms with van der Waals surface area (Å²) in [6.07, 6.45) is 2.95. The molecule has 0 aliphatic carbocycles. The van der Waals surface area contributed by atoms with Crippen molar-refractivity contribution in [3.8, 4) is 0 Å². The summed E-state index contributed by atoms with van der Waals surface area (Å²) in [5.74, 6) is -1.10. The smallest absolute Gasteiger partial charge is 0.341 e. The number of aryl methyl sites for hydroxylation is 1. The first-order chi connectivity index (χ1) is 8.09. The van der Waals surface area contributed by atoms with E-state index in [0.29, 0.717) is 0 Å². The Morgan fingerprint density at radius 2 is 2.41 bits per heavy atom. The topological polar surface area (TPSA) is 96.2 Å². The monoisotopic (exact) mass is 238 g/mol. The molecule has 0 spiro atoms. The summed E-state index contributed by atoms with van der Waals surface area (Å²) in [5, 5.41) is 18.4. The molecular formula is C10H14N4O3. The van der Waals surface area contributed by atoms with Gasteiger partial charge in [0.25, 0.3) is 0 Å². The minimum absolute atomic E-state index is 0.00107. The first-order valence-corrected chi connectivity index (χ1v) is 5.39. The van der Waals surface area contributed by atoms with Gasteiger partial charge in [0.15, 0.2) is 0 Å². The van der Waals surface area contributed by atoms with Crippen molar-refractivity contribution in [1.29, 1.82) is 0 Å². The highest BCUT2D eigenvalue weighted by Crippen LogP contribution is 2.15. The van der Waals surface area contributed by atoms with Crippen LogP contribution in [0.4, 0.5) is 5.82 Å². The van der Waals surface area contributed by atoms with Gasteiger partial charge in [-0.1, -0.05) is 0 Å². The quantitative estimate of drug-likeness (QED) is 0.678. The Morgan fingerprint density at radius 3 is 3.00 bits per heavy atom. The van der Waals surface area contributed by atoms with Gasteiger partial charge in [0.2, 0.25) is 5.91 Å². The van der Waals surface area contributed by atoms with Crippen molar-refractivity contribution in [2.75, 3.05) is 11.9 Å². The number of aromatic nitrogens is 2. The summed E-state index contributed by atoms with van der Waals surface area (Å²) in [4.78, 5) is 22.7. The molecule has 1 aromatic heterocycles. The van der Waals surface area contributed by atoms with Crippen molar-refractivity contribution < 1.29 is 14.7 Å². The van der Waals surface area contributed by atoms with E-state index in [1.807, 2.05) is 0 Å². The van der Waals surface area contributed by atoms with Gasteiger partial charge in [-0.3, -0.25) is 9.48 Å². The number of hydrogen-bond acceptors (Lipinski definition) is 4. The van der Waals surface area contributed by atoms with Crippen LogP contribution in [0.2, 0.25) is 0 Å². The zero-order chi connectivity index (χ0) is 12.4. The molecule has 1 unspecified atom stereocenters. The lowest BCUT2D eigenvalue weighted by atomic mass is 10.2. The van der Waals surface area contributed by atoms with E-state index in [1.54, 1.807) is 7.05 Å². The molecule has 1 fully saturated rings. The van der Waals surface area contributed by atoms with Crippen LogP contribution in [0.5, 0.6) is 0 Å². The number of carboxylic acid groups (broad SMARTS) is 1. The molecule has 2 rings (SSSR count). The predicted molar refractivity (Wildman–Crippen MR) is 59.8 cm³/mol. The number of carbonyl (C=O) groups excluding carboxylic acids is 1. The van der Waals surface area contributed by atoms with Crippen molar-refractivity contribution >= 4 is 17.7 Å². The van der Waals surface area contributed by atoms with Crippen LogP contribution in [0.1, 0.15) is 23.2 Å². The molecule has 1 amide bonds. The molecule has 1 saturated heterocycles. The first-order valence-electron chi connectivity index (χ1n) is 5.39. The summed E-state index contributed by atoms with van der Waals surface area (Å²) < 4.78 is 1.34. The zero-order valence-electron chi connectivity index (χ0n) is 9.43. The molecule has 1 aromatic rings. The lowest BCUT2D eigenvalue weighted by molar-refractivity contribution is -0.117. The number of carboxylic acids is 1. The van der Waals surface area contributed by atoms with Gasteiger partial charge in [-0.2, -0.15) is 5.10 Å². The van der Waals surface area contributed by atoms with Crippen LogP contribution in [0.25, 0.3) is 0 Å². The van der Waals surface area contributed by atoms with Crippen molar-refractivity contribution in [3.05, 3.63) is 11.8 Å². The standard InChI is InChI=1S/C10H14N4O3/c1-14-8(6(5-12-14)10(16)17)13-9(15)7-3-2-4-11-7/h5,7,11H,2-4H2,1H3,(H,13,15)(H,16,17). The van der Waals surface area contributed by atoms with Crippen molar-refractivity contribution in [2.24, 2.45) is 7.05 Å². The van der Waals surface area contributed by atoms with Gasteiger partial charge in [-0.25, -0.2) is 4.79 Å². The second kappa shape index (κ2) is 4.54. The van der Waals surface area contributed by atoms with Gasteiger partial charge in [0.1, 0.15) is 11.4 Å². The molecule has 7 heteroatoms. The molecule has 17 heavy (non-hydrogen) atoms. The van der Waals surface area contributed by atoms with Crippen molar-refractivity contribution in [1.82, 2.24) is 15.1 Å². The molecule has 1 aliphatic heterocycles. The fraction of sp³-hybridized carbons (Fsp3) is 0.500. The highest BCUT2D eigenvalue weighted by Gasteiger charge is 2.25. The van der Waals surface area contributed by atoms with Gasteiger partial charge in [-0.15, -0.1) is 0 Å². The highest BCUT2D eigenvalue weighted by molar-refractivity contribution is 6.01. The SMILES string of the molecule is Cn1ncc(C(=O)O)c1NC(=O)C1CCCN1. The molecule has 3 N–H and O–H groups in total. The van der Waals surface area contributed by atoms with Crippen LogP contribution in [0.15, 0.2) is 6.20 Å². The second-order valence-corrected chi connectivity index (χ2v) is 3.97. The predicted octanol–water partition coefficient (Wildman–Crippen LogP) is -0.191. The Labute approximate surface area is 97.8 Å². The van der Waals surface area contributed by atoms with E-state index in [-0.39, 0.29) is 23.3 Å². The lowest BCUT2D eigenvalue weighted by Crippen LogP contribution is -2.36. The third-order valence-corrected chi connectivity index (χ3v) is 2.79. The van der Waals surface area contributed by atoms with Crippen LogP contribution in [0.3, 0.4) is 0 Å². The van der Waals surface area contributed by atoms with E-state index in [0.717, 1.165) is 19.4 Å². The van der Waals surface area contributed by atoms with Gasteiger partial charge in [0, 0.05) is 7.05 Å². The largest absolute Gasteiger partial charge is 0.477 e. The third kappa shape index (κ3) is 2.28. The lowest BCUT2D eigenvalue weighted by Gasteiger charge is -2.11. The van der Waals surface area contributed by atoms with Crippen molar-refractivity contribution in [3.63, 3.8) is 0 Å². The molecule has 1 aliphatic rings. The third-order valence-electron chi connectivity index (χ3n) is 2.79. The maximum atomic E-state index is 11.8. The molecule has 2 heterocycles. The van der Waals surface area contributed by atoms with E-state index in [9.17, 15) is 9.59 Å². The molecule has 0 saturated carbocycles. The number of hydrogen-bond donors (Lipinski definition) is 3. The van der Waals surface area contributed by atoms with Crippen molar-refractivity contribution in [2.45, 2.75) is 18.9 Å². The van der Waals surface area contributed by atoms with Crippen LogP contribution >= 0.6 is 0 Å². The normalized spacial score (nSPS) is 19.2. The minimum atomic E-state index is -1.10. The fourth-order valence-corrected chi connectivity index (χ4v) is 1.85. The Morgan fingerprint density at radius 1 is 1.65 bits per heavy atom. The molecule has 0 bridgehead atoms. The van der Waals surface area contributed by atoms with Gasteiger partial charge < -0.3 is 15.7 Å². The first kappa shape index (κ1) is 11.6.